The first kappa shape index (κ1) is 20.7. The van der Waals surface area contributed by atoms with Crippen LogP contribution >= 0.6 is 0 Å². The van der Waals surface area contributed by atoms with Gasteiger partial charge in [0.15, 0.2) is 0 Å². The van der Waals surface area contributed by atoms with Gasteiger partial charge in [-0.25, -0.2) is 4.98 Å². The van der Waals surface area contributed by atoms with Crippen LogP contribution in [0.3, 0.4) is 0 Å². The van der Waals surface area contributed by atoms with E-state index < -0.39 is 0 Å². The van der Waals surface area contributed by atoms with Gasteiger partial charge in [0.05, 0.1) is 5.69 Å². The Morgan fingerprint density at radius 1 is 0.969 bits per heavy atom. The predicted octanol–water partition coefficient (Wildman–Crippen LogP) is 2.64. The lowest BCUT2D eigenvalue weighted by Gasteiger charge is -2.35. The summed E-state index contributed by atoms with van der Waals surface area (Å²) in [5, 5.41) is 3.41. The molecule has 2 aliphatic rings. The topological polar surface area (TPSA) is 66.3 Å². The molecule has 1 atom stereocenters. The van der Waals surface area contributed by atoms with E-state index >= 15 is 0 Å². The fourth-order valence-electron chi connectivity index (χ4n) is 4.79. The van der Waals surface area contributed by atoms with Gasteiger partial charge in [0.25, 0.3) is 5.56 Å². The molecule has 32 heavy (non-hydrogen) atoms. The van der Waals surface area contributed by atoms with Crippen LogP contribution in [-0.2, 0) is 7.05 Å². The summed E-state index contributed by atoms with van der Waals surface area (Å²) < 4.78 is 1.67. The summed E-state index contributed by atoms with van der Waals surface area (Å²) >= 11 is 0. The van der Waals surface area contributed by atoms with Crippen molar-refractivity contribution >= 4 is 11.6 Å². The van der Waals surface area contributed by atoms with Crippen LogP contribution in [0.15, 0.2) is 59.7 Å². The first-order valence-electron chi connectivity index (χ1n) is 11.5. The monoisotopic (exact) mass is 430 g/mol. The molecule has 0 saturated carbocycles. The Morgan fingerprint density at radius 2 is 1.72 bits per heavy atom. The minimum Gasteiger partial charge on any atom is -0.369 e. The largest absolute Gasteiger partial charge is 0.369 e. The van der Waals surface area contributed by atoms with Gasteiger partial charge in [0, 0.05) is 81.9 Å². The number of piperazine rings is 1. The fourth-order valence-corrected chi connectivity index (χ4v) is 4.79. The van der Waals surface area contributed by atoms with Gasteiger partial charge in [-0.3, -0.25) is 14.3 Å². The smallest absolute Gasteiger partial charge is 0.255 e. The standard InChI is InChI=1S/C25H30N6O/c1-29-24(32)17-23(20-8-10-26-11-9-20)28-25(29)31-14-2-3-21(18-31)19-4-6-22(7-5-19)30-15-12-27-13-16-30/h4-11,17,21,27H,2-3,12-16,18H2,1H3. The summed E-state index contributed by atoms with van der Waals surface area (Å²) in [6.07, 6.45) is 5.70. The molecular formula is C25H30N6O. The predicted molar refractivity (Wildman–Crippen MR) is 128 cm³/mol. The van der Waals surface area contributed by atoms with Crippen LogP contribution in [0.25, 0.3) is 11.3 Å². The molecule has 4 heterocycles. The number of nitrogens with zero attached hydrogens (tertiary/aromatic N) is 5. The van der Waals surface area contributed by atoms with Crippen LogP contribution in [0.2, 0.25) is 0 Å². The van der Waals surface area contributed by atoms with Gasteiger partial charge in [-0.05, 0) is 42.7 Å². The quantitative estimate of drug-likeness (QED) is 0.687. The third-order valence-corrected chi connectivity index (χ3v) is 6.64. The van der Waals surface area contributed by atoms with Gasteiger partial charge in [0.1, 0.15) is 0 Å². The van der Waals surface area contributed by atoms with Crippen molar-refractivity contribution in [1.29, 1.82) is 0 Å². The van der Waals surface area contributed by atoms with E-state index in [0.717, 1.165) is 63.6 Å². The van der Waals surface area contributed by atoms with Gasteiger partial charge in [-0.1, -0.05) is 12.1 Å². The molecule has 7 nitrogen and oxygen atoms in total. The Morgan fingerprint density at radius 3 is 2.47 bits per heavy atom. The number of hydrogen-bond acceptors (Lipinski definition) is 6. The molecule has 2 saturated heterocycles. The summed E-state index contributed by atoms with van der Waals surface area (Å²) in [5.74, 6) is 1.17. The molecule has 2 aliphatic heterocycles. The van der Waals surface area contributed by atoms with E-state index in [-0.39, 0.29) is 5.56 Å². The Labute approximate surface area is 188 Å². The lowest BCUT2D eigenvalue weighted by Crippen LogP contribution is -2.43. The molecule has 7 heteroatoms. The number of aromatic nitrogens is 3. The summed E-state index contributed by atoms with van der Waals surface area (Å²) in [6, 6.07) is 14.5. The molecule has 0 spiro atoms. The second-order valence-corrected chi connectivity index (χ2v) is 8.69. The molecule has 1 aromatic carbocycles. The van der Waals surface area contributed by atoms with Crippen LogP contribution in [0.1, 0.15) is 24.3 Å². The minimum atomic E-state index is -0.0377. The second-order valence-electron chi connectivity index (χ2n) is 8.69. The number of rotatable bonds is 4. The van der Waals surface area contributed by atoms with Crippen molar-refractivity contribution in [3.63, 3.8) is 0 Å². The van der Waals surface area contributed by atoms with E-state index in [1.807, 2.05) is 19.2 Å². The van der Waals surface area contributed by atoms with Crippen molar-refractivity contribution < 1.29 is 0 Å². The molecule has 2 aromatic heterocycles. The zero-order chi connectivity index (χ0) is 21.9. The number of nitrogens with one attached hydrogen (secondary N) is 1. The summed E-state index contributed by atoms with van der Waals surface area (Å²) in [4.78, 5) is 26.4. The van der Waals surface area contributed by atoms with E-state index in [0.29, 0.717) is 11.6 Å². The van der Waals surface area contributed by atoms with Crippen LogP contribution in [0.4, 0.5) is 11.6 Å². The van der Waals surface area contributed by atoms with Crippen molar-refractivity contribution in [2.45, 2.75) is 18.8 Å². The second kappa shape index (κ2) is 9.12. The molecule has 166 valence electrons. The molecule has 1 unspecified atom stereocenters. The van der Waals surface area contributed by atoms with E-state index in [9.17, 15) is 4.79 Å². The molecule has 0 aliphatic carbocycles. The number of hydrogen-bond donors (Lipinski definition) is 1. The highest BCUT2D eigenvalue weighted by Crippen LogP contribution is 2.31. The van der Waals surface area contributed by atoms with Crippen molar-refractivity contribution in [3.8, 4) is 11.3 Å². The highest BCUT2D eigenvalue weighted by atomic mass is 16.1. The molecule has 0 amide bonds. The lowest BCUT2D eigenvalue weighted by molar-refractivity contribution is 0.497. The third kappa shape index (κ3) is 4.25. The van der Waals surface area contributed by atoms with Gasteiger partial charge in [0.2, 0.25) is 5.95 Å². The third-order valence-electron chi connectivity index (χ3n) is 6.64. The van der Waals surface area contributed by atoms with Crippen molar-refractivity contribution in [2.24, 2.45) is 7.05 Å². The van der Waals surface area contributed by atoms with Gasteiger partial charge in [-0.2, -0.15) is 0 Å². The molecule has 5 rings (SSSR count). The normalized spacial score (nSPS) is 19.2. The first-order chi connectivity index (χ1) is 15.7. The number of pyridine rings is 1. The van der Waals surface area contributed by atoms with Gasteiger partial charge in [-0.15, -0.1) is 0 Å². The maximum absolute atomic E-state index is 12.7. The number of anilines is 2. The molecule has 2 fully saturated rings. The highest BCUT2D eigenvalue weighted by Gasteiger charge is 2.25. The van der Waals surface area contributed by atoms with E-state index in [1.54, 1.807) is 23.0 Å². The zero-order valence-electron chi connectivity index (χ0n) is 18.6. The highest BCUT2D eigenvalue weighted by molar-refractivity contribution is 5.59. The van der Waals surface area contributed by atoms with E-state index in [4.69, 9.17) is 4.98 Å². The first-order valence-corrected chi connectivity index (χ1v) is 11.5. The van der Waals surface area contributed by atoms with Crippen molar-refractivity contribution in [2.75, 3.05) is 49.1 Å². The Kier molecular flexibility index (Phi) is 5.90. The van der Waals surface area contributed by atoms with Crippen LogP contribution in [0, 0.1) is 0 Å². The lowest BCUT2D eigenvalue weighted by atomic mass is 9.90. The molecular weight excluding hydrogens is 400 g/mol. The maximum Gasteiger partial charge on any atom is 0.255 e. The molecule has 0 bridgehead atoms. The summed E-state index contributed by atoms with van der Waals surface area (Å²) in [5.41, 5.74) is 4.24. The van der Waals surface area contributed by atoms with Crippen LogP contribution in [-0.4, -0.2) is 53.8 Å². The summed E-state index contributed by atoms with van der Waals surface area (Å²) in [6.45, 7) is 5.99. The average molecular weight is 431 g/mol. The molecule has 1 N–H and O–H groups in total. The van der Waals surface area contributed by atoms with Crippen LogP contribution < -0.4 is 20.7 Å². The van der Waals surface area contributed by atoms with Crippen molar-refractivity contribution in [1.82, 2.24) is 19.9 Å². The Balaban J connectivity index is 1.37. The van der Waals surface area contributed by atoms with E-state index in [1.165, 1.54) is 11.3 Å². The summed E-state index contributed by atoms with van der Waals surface area (Å²) in [7, 11) is 1.81. The van der Waals surface area contributed by atoms with E-state index in [2.05, 4.69) is 44.4 Å². The minimum absolute atomic E-state index is 0.0377. The van der Waals surface area contributed by atoms with Crippen LogP contribution in [0.5, 0.6) is 0 Å². The number of piperidine rings is 1. The van der Waals surface area contributed by atoms with Crippen molar-refractivity contribution in [3.05, 3.63) is 70.8 Å². The molecule has 0 radical (unpaired) electrons. The Bertz CT molecular complexity index is 1110. The fraction of sp³-hybridized carbons (Fsp3) is 0.400. The van der Waals surface area contributed by atoms with Gasteiger partial charge < -0.3 is 15.1 Å². The Hall–Kier alpha value is -3.19. The van der Waals surface area contributed by atoms with Gasteiger partial charge >= 0.3 is 0 Å². The molecule has 3 aromatic rings. The SMILES string of the molecule is Cn1c(N2CCCC(c3ccc(N4CCNCC4)cc3)C2)nc(-c2ccncc2)cc1=O. The average Bonchev–Trinajstić information content (AvgIpc) is 2.87. The number of benzene rings is 1. The maximum atomic E-state index is 12.7. The zero-order valence-corrected chi connectivity index (χ0v) is 18.6.